The number of rotatable bonds is 2. The number of halogens is 1. The smallest absolute Gasteiger partial charge is 0.327 e. The monoisotopic (exact) mass is 361 g/mol. The standard InChI is InChI=1S/C14H8BrN3O4/c15-8-1-2-10-9(3-8)13(20)7(6-22-10)5-16-11-4-12(19)18-14(21)17-11/h1-6H,(H2,17,18,19,21). The van der Waals surface area contributed by atoms with Crippen LogP contribution in [0.3, 0.4) is 0 Å². The van der Waals surface area contributed by atoms with Crippen LogP contribution < -0.4 is 16.7 Å². The SMILES string of the molecule is O=c1cc(N=Cc2coc3ccc(Br)cc3c2=O)[nH]c(=O)[nH]1. The van der Waals surface area contributed by atoms with Crippen molar-refractivity contribution in [2.45, 2.75) is 0 Å². The molecule has 0 aliphatic rings. The van der Waals surface area contributed by atoms with Crippen molar-refractivity contribution in [3.8, 4) is 0 Å². The third-order valence-corrected chi connectivity index (χ3v) is 3.34. The zero-order valence-corrected chi connectivity index (χ0v) is 12.5. The fraction of sp³-hybridized carbons (Fsp3) is 0. The van der Waals surface area contributed by atoms with E-state index in [2.05, 4.69) is 25.9 Å². The number of aromatic nitrogens is 2. The summed E-state index contributed by atoms with van der Waals surface area (Å²) in [6.07, 6.45) is 2.50. The average molecular weight is 362 g/mol. The molecule has 110 valence electrons. The first-order chi connectivity index (χ1) is 10.5. The van der Waals surface area contributed by atoms with Crippen LogP contribution in [-0.2, 0) is 0 Å². The number of aliphatic imine (C=N–C) groups is 1. The topological polar surface area (TPSA) is 108 Å². The van der Waals surface area contributed by atoms with Gasteiger partial charge in [0.2, 0.25) is 5.43 Å². The molecular formula is C14H8BrN3O4. The van der Waals surface area contributed by atoms with E-state index in [1.807, 2.05) is 4.98 Å². The number of fused-ring (bicyclic) bond motifs is 1. The molecule has 3 aromatic rings. The minimum absolute atomic E-state index is 0.0440. The lowest BCUT2D eigenvalue weighted by molar-refractivity contribution is 0.601. The van der Waals surface area contributed by atoms with Crippen LogP contribution in [0.25, 0.3) is 11.0 Å². The number of benzene rings is 1. The normalized spacial score (nSPS) is 11.3. The number of nitrogens with zero attached hydrogens (tertiary/aromatic N) is 1. The van der Waals surface area contributed by atoms with Crippen LogP contribution in [0.15, 0.2) is 58.8 Å². The summed E-state index contributed by atoms with van der Waals surface area (Å²) in [4.78, 5) is 42.9. The van der Waals surface area contributed by atoms with Crippen LogP contribution in [0, 0.1) is 0 Å². The second-order valence-corrected chi connectivity index (χ2v) is 5.31. The van der Waals surface area contributed by atoms with Gasteiger partial charge in [0, 0.05) is 16.8 Å². The number of hydrogen-bond acceptors (Lipinski definition) is 5. The van der Waals surface area contributed by atoms with Gasteiger partial charge in [-0.3, -0.25) is 19.6 Å². The molecule has 2 aromatic heterocycles. The van der Waals surface area contributed by atoms with Crippen molar-refractivity contribution in [1.29, 1.82) is 0 Å². The fourth-order valence-electron chi connectivity index (χ4n) is 1.87. The highest BCUT2D eigenvalue weighted by molar-refractivity contribution is 9.10. The van der Waals surface area contributed by atoms with Crippen molar-refractivity contribution < 1.29 is 4.42 Å². The lowest BCUT2D eigenvalue weighted by Gasteiger charge is -1.99. The van der Waals surface area contributed by atoms with Gasteiger partial charge in [0.15, 0.2) is 0 Å². The first kappa shape index (κ1) is 14.2. The van der Waals surface area contributed by atoms with Crippen molar-refractivity contribution >= 4 is 38.9 Å². The van der Waals surface area contributed by atoms with Gasteiger partial charge >= 0.3 is 5.69 Å². The molecule has 1 aromatic carbocycles. The van der Waals surface area contributed by atoms with Crippen LogP contribution in [-0.4, -0.2) is 16.2 Å². The Hall–Kier alpha value is -2.74. The Bertz CT molecular complexity index is 1030. The van der Waals surface area contributed by atoms with Gasteiger partial charge in [-0.15, -0.1) is 0 Å². The van der Waals surface area contributed by atoms with Crippen LogP contribution in [0.1, 0.15) is 5.56 Å². The summed E-state index contributed by atoms with van der Waals surface area (Å²) < 4.78 is 6.11. The molecule has 0 bridgehead atoms. The highest BCUT2D eigenvalue weighted by Crippen LogP contribution is 2.17. The summed E-state index contributed by atoms with van der Waals surface area (Å²) in [6.45, 7) is 0. The molecule has 2 heterocycles. The zero-order valence-electron chi connectivity index (χ0n) is 10.9. The van der Waals surface area contributed by atoms with Crippen molar-refractivity contribution in [2.24, 2.45) is 4.99 Å². The van der Waals surface area contributed by atoms with E-state index in [4.69, 9.17) is 4.42 Å². The maximum absolute atomic E-state index is 12.3. The van der Waals surface area contributed by atoms with Crippen molar-refractivity contribution in [3.05, 3.63) is 71.6 Å². The molecule has 7 nitrogen and oxygen atoms in total. The third kappa shape index (κ3) is 2.82. The van der Waals surface area contributed by atoms with Gasteiger partial charge in [-0.1, -0.05) is 15.9 Å². The highest BCUT2D eigenvalue weighted by atomic mass is 79.9. The van der Waals surface area contributed by atoms with Gasteiger partial charge in [-0.25, -0.2) is 9.79 Å². The molecule has 0 saturated heterocycles. The molecule has 2 N–H and O–H groups in total. The summed E-state index contributed by atoms with van der Waals surface area (Å²) in [5, 5.41) is 0.401. The average Bonchev–Trinajstić information content (AvgIpc) is 2.46. The molecule has 0 atom stereocenters. The summed E-state index contributed by atoms with van der Waals surface area (Å²) in [5.41, 5.74) is -0.861. The van der Waals surface area contributed by atoms with E-state index in [1.165, 1.54) is 12.5 Å². The van der Waals surface area contributed by atoms with E-state index < -0.39 is 11.2 Å². The molecule has 0 aliphatic carbocycles. The lowest BCUT2D eigenvalue weighted by atomic mass is 10.2. The predicted molar refractivity (Wildman–Crippen MR) is 85.1 cm³/mol. The van der Waals surface area contributed by atoms with Gasteiger partial charge in [0.25, 0.3) is 5.56 Å². The Kier molecular flexibility index (Phi) is 3.60. The molecule has 3 rings (SSSR count). The van der Waals surface area contributed by atoms with Crippen molar-refractivity contribution in [1.82, 2.24) is 9.97 Å². The Morgan fingerprint density at radius 2 is 1.95 bits per heavy atom. The minimum atomic E-state index is -0.672. The first-order valence-electron chi connectivity index (χ1n) is 6.12. The molecule has 0 amide bonds. The van der Waals surface area contributed by atoms with E-state index in [9.17, 15) is 14.4 Å². The number of H-pyrrole nitrogens is 2. The largest absolute Gasteiger partial charge is 0.463 e. The van der Waals surface area contributed by atoms with Crippen molar-refractivity contribution in [3.63, 3.8) is 0 Å². The molecule has 0 aliphatic heterocycles. The van der Waals surface area contributed by atoms with E-state index in [1.54, 1.807) is 18.2 Å². The number of nitrogens with one attached hydrogen (secondary N) is 2. The molecule has 0 spiro atoms. The lowest BCUT2D eigenvalue weighted by Crippen LogP contribution is -2.20. The Labute approximate surface area is 130 Å². The molecule has 0 radical (unpaired) electrons. The Balaban J connectivity index is 2.09. The molecular weight excluding hydrogens is 354 g/mol. The van der Waals surface area contributed by atoms with E-state index in [0.29, 0.717) is 11.0 Å². The van der Waals surface area contributed by atoms with Gasteiger partial charge in [-0.05, 0) is 18.2 Å². The first-order valence-corrected chi connectivity index (χ1v) is 6.91. The molecule has 22 heavy (non-hydrogen) atoms. The zero-order chi connectivity index (χ0) is 15.7. The summed E-state index contributed by atoms with van der Waals surface area (Å²) in [7, 11) is 0. The van der Waals surface area contributed by atoms with Crippen LogP contribution in [0.5, 0.6) is 0 Å². The highest BCUT2D eigenvalue weighted by Gasteiger charge is 2.06. The second-order valence-electron chi connectivity index (χ2n) is 4.39. The third-order valence-electron chi connectivity index (χ3n) is 2.85. The van der Waals surface area contributed by atoms with E-state index in [0.717, 1.165) is 10.5 Å². The molecule has 8 heteroatoms. The van der Waals surface area contributed by atoms with E-state index >= 15 is 0 Å². The number of aromatic amines is 2. The van der Waals surface area contributed by atoms with Gasteiger partial charge in [0.05, 0.1) is 10.9 Å². The van der Waals surface area contributed by atoms with Gasteiger partial charge in [0.1, 0.15) is 17.7 Å². The van der Waals surface area contributed by atoms with Crippen molar-refractivity contribution in [2.75, 3.05) is 0 Å². The summed E-state index contributed by atoms with van der Waals surface area (Å²) in [5.74, 6) is 0.0440. The Morgan fingerprint density at radius 1 is 1.14 bits per heavy atom. The predicted octanol–water partition coefficient (Wildman–Crippen LogP) is 1.68. The molecule has 0 unspecified atom stereocenters. The summed E-state index contributed by atoms with van der Waals surface area (Å²) in [6, 6.07) is 6.20. The number of hydrogen-bond donors (Lipinski definition) is 2. The van der Waals surface area contributed by atoms with Crippen LogP contribution in [0.2, 0.25) is 0 Å². The van der Waals surface area contributed by atoms with E-state index in [-0.39, 0.29) is 16.8 Å². The summed E-state index contributed by atoms with van der Waals surface area (Å²) >= 11 is 3.29. The Morgan fingerprint density at radius 3 is 2.73 bits per heavy atom. The van der Waals surface area contributed by atoms with Gasteiger partial charge in [-0.2, -0.15) is 0 Å². The van der Waals surface area contributed by atoms with Gasteiger partial charge < -0.3 is 4.42 Å². The van der Waals surface area contributed by atoms with Crippen LogP contribution in [0.4, 0.5) is 5.82 Å². The second kappa shape index (κ2) is 5.57. The minimum Gasteiger partial charge on any atom is -0.463 e. The quantitative estimate of drug-likeness (QED) is 0.676. The maximum atomic E-state index is 12.3. The maximum Gasteiger partial charge on any atom is 0.327 e. The van der Waals surface area contributed by atoms with Crippen LogP contribution >= 0.6 is 15.9 Å². The molecule has 0 saturated carbocycles. The molecule has 0 fully saturated rings. The fourth-order valence-corrected chi connectivity index (χ4v) is 2.23.